The second-order valence-electron chi connectivity index (χ2n) is 5.42. The molecule has 2 aliphatic heterocycles. The summed E-state index contributed by atoms with van der Waals surface area (Å²) in [4.78, 5) is 0. The lowest BCUT2D eigenvalue weighted by Crippen LogP contribution is -2.48. The summed E-state index contributed by atoms with van der Waals surface area (Å²) in [5.41, 5.74) is 0.501. The maximum absolute atomic E-state index is 3.79. The topological polar surface area (TPSA) is 24.1 Å². The zero-order valence-electron chi connectivity index (χ0n) is 10.1. The quantitative estimate of drug-likeness (QED) is 0.744. The summed E-state index contributed by atoms with van der Waals surface area (Å²) in [5.74, 6) is 0.956. The molecule has 2 aliphatic rings. The smallest absolute Gasteiger partial charge is 0.0179 e. The molecule has 2 unspecified atom stereocenters. The Morgan fingerprint density at radius 2 is 2.20 bits per heavy atom. The Morgan fingerprint density at radius 3 is 2.80 bits per heavy atom. The van der Waals surface area contributed by atoms with Crippen molar-refractivity contribution in [1.29, 1.82) is 0 Å². The molecule has 0 aromatic heterocycles. The van der Waals surface area contributed by atoms with E-state index in [1.54, 1.807) is 0 Å². The molecule has 2 heterocycles. The molecule has 15 heavy (non-hydrogen) atoms. The molecule has 88 valence electrons. The van der Waals surface area contributed by atoms with E-state index in [1.165, 1.54) is 64.6 Å². The van der Waals surface area contributed by atoms with Crippen molar-refractivity contribution in [2.75, 3.05) is 19.6 Å². The SMILES string of the molecule is CCC1(CCC2CCNC2)CCCCN1. The highest BCUT2D eigenvalue weighted by Crippen LogP contribution is 2.30. The van der Waals surface area contributed by atoms with E-state index >= 15 is 0 Å². The molecule has 2 atom stereocenters. The first-order valence-corrected chi connectivity index (χ1v) is 6.80. The summed E-state index contributed by atoms with van der Waals surface area (Å²) in [6, 6.07) is 0. The lowest BCUT2D eigenvalue weighted by molar-refractivity contribution is 0.213. The van der Waals surface area contributed by atoms with Gasteiger partial charge >= 0.3 is 0 Å². The van der Waals surface area contributed by atoms with Gasteiger partial charge in [0.05, 0.1) is 0 Å². The molecule has 0 saturated carbocycles. The van der Waals surface area contributed by atoms with Crippen LogP contribution in [0.5, 0.6) is 0 Å². The molecule has 2 nitrogen and oxygen atoms in total. The first-order chi connectivity index (χ1) is 7.35. The Balaban J connectivity index is 1.78. The van der Waals surface area contributed by atoms with Gasteiger partial charge in [-0.2, -0.15) is 0 Å². The number of hydrogen-bond acceptors (Lipinski definition) is 2. The van der Waals surface area contributed by atoms with Crippen LogP contribution in [0.15, 0.2) is 0 Å². The van der Waals surface area contributed by atoms with Crippen LogP contribution >= 0.6 is 0 Å². The fourth-order valence-electron chi connectivity index (χ4n) is 3.16. The van der Waals surface area contributed by atoms with Crippen molar-refractivity contribution >= 4 is 0 Å². The maximum Gasteiger partial charge on any atom is 0.0179 e. The highest BCUT2D eigenvalue weighted by molar-refractivity contribution is 4.90. The van der Waals surface area contributed by atoms with Crippen molar-refractivity contribution in [2.24, 2.45) is 5.92 Å². The molecule has 0 amide bonds. The van der Waals surface area contributed by atoms with E-state index in [2.05, 4.69) is 17.6 Å². The van der Waals surface area contributed by atoms with Crippen LogP contribution in [0.1, 0.15) is 51.9 Å². The van der Waals surface area contributed by atoms with Gasteiger partial charge in [0.25, 0.3) is 0 Å². The zero-order valence-corrected chi connectivity index (χ0v) is 10.1. The summed E-state index contributed by atoms with van der Waals surface area (Å²) in [6.45, 7) is 6.11. The third-order valence-electron chi connectivity index (χ3n) is 4.45. The van der Waals surface area contributed by atoms with Crippen LogP contribution in [0.25, 0.3) is 0 Å². The summed E-state index contributed by atoms with van der Waals surface area (Å²) < 4.78 is 0. The van der Waals surface area contributed by atoms with E-state index in [9.17, 15) is 0 Å². The molecule has 2 saturated heterocycles. The molecule has 0 aliphatic carbocycles. The van der Waals surface area contributed by atoms with Gasteiger partial charge in [0.1, 0.15) is 0 Å². The monoisotopic (exact) mass is 210 g/mol. The minimum atomic E-state index is 0.501. The summed E-state index contributed by atoms with van der Waals surface area (Å²) in [7, 11) is 0. The van der Waals surface area contributed by atoms with Crippen molar-refractivity contribution in [3.63, 3.8) is 0 Å². The third kappa shape index (κ3) is 2.94. The van der Waals surface area contributed by atoms with Gasteiger partial charge in [0.15, 0.2) is 0 Å². The van der Waals surface area contributed by atoms with Crippen LogP contribution in [-0.2, 0) is 0 Å². The van der Waals surface area contributed by atoms with E-state index in [0.29, 0.717) is 5.54 Å². The van der Waals surface area contributed by atoms with Crippen molar-refractivity contribution in [3.05, 3.63) is 0 Å². The van der Waals surface area contributed by atoms with Gasteiger partial charge in [-0.3, -0.25) is 0 Å². The average molecular weight is 210 g/mol. The number of nitrogens with one attached hydrogen (secondary N) is 2. The lowest BCUT2D eigenvalue weighted by Gasteiger charge is -2.38. The molecule has 0 radical (unpaired) electrons. The second-order valence-corrected chi connectivity index (χ2v) is 5.42. The minimum absolute atomic E-state index is 0.501. The van der Waals surface area contributed by atoms with Crippen LogP contribution < -0.4 is 10.6 Å². The highest BCUT2D eigenvalue weighted by Gasteiger charge is 2.30. The van der Waals surface area contributed by atoms with Gasteiger partial charge in [-0.25, -0.2) is 0 Å². The fraction of sp³-hybridized carbons (Fsp3) is 1.00. The average Bonchev–Trinajstić information content (AvgIpc) is 2.81. The van der Waals surface area contributed by atoms with E-state index in [4.69, 9.17) is 0 Å². The van der Waals surface area contributed by atoms with Gasteiger partial charge in [-0.15, -0.1) is 0 Å². The zero-order chi connectivity index (χ0) is 10.6. The Labute approximate surface area is 94.2 Å². The van der Waals surface area contributed by atoms with E-state index < -0.39 is 0 Å². The van der Waals surface area contributed by atoms with Crippen LogP contribution in [0.4, 0.5) is 0 Å². The largest absolute Gasteiger partial charge is 0.316 e. The first kappa shape index (κ1) is 11.4. The standard InChI is InChI=1S/C13H26N2/c1-2-13(7-3-4-9-15-13)8-5-12-6-10-14-11-12/h12,14-15H,2-11H2,1H3. The van der Waals surface area contributed by atoms with Gasteiger partial charge in [0.2, 0.25) is 0 Å². The van der Waals surface area contributed by atoms with E-state index in [-0.39, 0.29) is 0 Å². The first-order valence-electron chi connectivity index (χ1n) is 6.80. The highest BCUT2D eigenvalue weighted by atomic mass is 15.0. The predicted octanol–water partition coefficient (Wildman–Crippen LogP) is 2.30. The van der Waals surface area contributed by atoms with Crippen molar-refractivity contribution in [2.45, 2.75) is 57.4 Å². The van der Waals surface area contributed by atoms with E-state index in [1.807, 2.05) is 0 Å². The van der Waals surface area contributed by atoms with Crippen molar-refractivity contribution in [1.82, 2.24) is 10.6 Å². The van der Waals surface area contributed by atoms with Crippen LogP contribution in [-0.4, -0.2) is 25.2 Å². The molecule has 2 N–H and O–H groups in total. The lowest BCUT2D eigenvalue weighted by atomic mass is 9.80. The Kier molecular flexibility index (Phi) is 4.04. The van der Waals surface area contributed by atoms with Crippen LogP contribution in [0, 0.1) is 5.92 Å². The summed E-state index contributed by atoms with van der Waals surface area (Å²) >= 11 is 0. The van der Waals surface area contributed by atoms with Gasteiger partial charge < -0.3 is 10.6 Å². The normalized spacial score (nSPS) is 37.0. The molecule has 0 spiro atoms. The van der Waals surface area contributed by atoms with Crippen LogP contribution in [0.2, 0.25) is 0 Å². The number of piperidine rings is 1. The van der Waals surface area contributed by atoms with Gasteiger partial charge in [0, 0.05) is 5.54 Å². The summed E-state index contributed by atoms with van der Waals surface area (Å²) in [5, 5.41) is 7.26. The minimum Gasteiger partial charge on any atom is -0.316 e. The predicted molar refractivity (Wildman–Crippen MR) is 65.1 cm³/mol. The number of rotatable bonds is 4. The van der Waals surface area contributed by atoms with Crippen molar-refractivity contribution < 1.29 is 0 Å². The Hall–Kier alpha value is -0.0800. The second kappa shape index (κ2) is 5.31. The fourth-order valence-corrected chi connectivity index (χ4v) is 3.16. The third-order valence-corrected chi connectivity index (χ3v) is 4.45. The molecule has 2 fully saturated rings. The van der Waals surface area contributed by atoms with Crippen molar-refractivity contribution in [3.8, 4) is 0 Å². The maximum atomic E-state index is 3.79. The molecule has 2 rings (SSSR count). The molecular formula is C13H26N2. The molecule has 0 aromatic rings. The summed E-state index contributed by atoms with van der Waals surface area (Å²) in [6.07, 6.45) is 9.76. The Bertz CT molecular complexity index is 179. The van der Waals surface area contributed by atoms with Gasteiger partial charge in [-0.1, -0.05) is 13.3 Å². The van der Waals surface area contributed by atoms with Crippen LogP contribution in [0.3, 0.4) is 0 Å². The Morgan fingerprint density at radius 1 is 1.27 bits per heavy atom. The molecule has 0 aromatic carbocycles. The molecule has 0 bridgehead atoms. The van der Waals surface area contributed by atoms with E-state index in [0.717, 1.165) is 5.92 Å². The van der Waals surface area contributed by atoms with Gasteiger partial charge in [-0.05, 0) is 64.1 Å². The molecule has 2 heteroatoms. The number of hydrogen-bond donors (Lipinski definition) is 2. The molecular weight excluding hydrogens is 184 g/mol.